The fourth-order valence-corrected chi connectivity index (χ4v) is 2.49. The van der Waals surface area contributed by atoms with Crippen molar-refractivity contribution in [3.8, 4) is 5.75 Å². The van der Waals surface area contributed by atoms with Crippen molar-refractivity contribution in [3.63, 3.8) is 0 Å². The van der Waals surface area contributed by atoms with Crippen molar-refractivity contribution in [1.82, 2.24) is 0 Å². The fraction of sp³-hybridized carbons (Fsp3) is 0.562. The number of methoxy groups -OCH3 is 1. The fourth-order valence-electron chi connectivity index (χ4n) is 2.49. The van der Waals surface area contributed by atoms with Crippen molar-refractivity contribution >= 4 is 5.97 Å². The molecule has 0 radical (unpaired) electrons. The molecule has 19 heavy (non-hydrogen) atoms. The molecule has 0 spiro atoms. The SMILES string of the molecule is COC(=O)CCc1ccc(OCC2CCCC2)cc1. The third-order valence-electron chi connectivity index (χ3n) is 3.73. The first kappa shape index (κ1) is 13.9. The maximum atomic E-state index is 11.1. The molecule has 3 nitrogen and oxygen atoms in total. The van der Waals surface area contributed by atoms with Crippen molar-refractivity contribution in [2.45, 2.75) is 38.5 Å². The van der Waals surface area contributed by atoms with Crippen LogP contribution in [0.3, 0.4) is 0 Å². The Labute approximate surface area is 114 Å². The second-order valence-electron chi connectivity index (χ2n) is 5.18. The average molecular weight is 262 g/mol. The Morgan fingerprint density at radius 3 is 2.53 bits per heavy atom. The van der Waals surface area contributed by atoms with E-state index in [1.807, 2.05) is 24.3 Å². The molecule has 2 rings (SSSR count). The van der Waals surface area contributed by atoms with Gasteiger partial charge in [0.25, 0.3) is 0 Å². The van der Waals surface area contributed by atoms with Gasteiger partial charge in [0.15, 0.2) is 0 Å². The minimum atomic E-state index is -0.165. The monoisotopic (exact) mass is 262 g/mol. The van der Waals surface area contributed by atoms with Gasteiger partial charge in [-0.2, -0.15) is 0 Å². The molecular weight excluding hydrogens is 240 g/mol. The zero-order valence-corrected chi connectivity index (χ0v) is 11.6. The molecule has 1 aromatic rings. The molecule has 104 valence electrons. The number of hydrogen-bond donors (Lipinski definition) is 0. The standard InChI is InChI=1S/C16H22O3/c1-18-16(17)11-8-13-6-9-15(10-7-13)19-12-14-4-2-3-5-14/h6-7,9-10,14H,2-5,8,11-12H2,1H3. The molecule has 0 unspecified atom stereocenters. The molecule has 0 atom stereocenters. The molecule has 3 heteroatoms. The van der Waals surface area contributed by atoms with Crippen LogP contribution in [0.1, 0.15) is 37.7 Å². The molecule has 1 saturated carbocycles. The lowest BCUT2D eigenvalue weighted by atomic mass is 10.1. The first-order valence-electron chi connectivity index (χ1n) is 7.06. The number of benzene rings is 1. The van der Waals surface area contributed by atoms with E-state index in [9.17, 15) is 4.79 Å². The summed E-state index contributed by atoms with van der Waals surface area (Å²) in [6, 6.07) is 8.02. The van der Waals surface area contributed by atoms with Crippen molar-refractivity contribution in [2.24, 2.45) is 5.92 Å². The van der Waals surface area contributed by atoms with Crippen LogP contribution in [0.25, 0.3) is 0 Å². The summed E-state index contributed by atoms with van der Waals surface area (Å²) >= 11 is 0. The van der Waals surface area contributed by atoms with Crippen LogP contribution in [0.5, 0.6) is 5.75 Å². The topological polar surface area (TPSA) is 35.5 Å². The zero-order chi connectivity index (χ0) is 13.5. The van der Waals surface area contributed by atoms with E-state index in [2.05, 4.69) is 4.74 Å². The highest BCUT2D eigenvalue weighted by Gasteiger charge is 2.15. The van der Waals surface area contributed by atoms with Gasteiger partial charge in [0, 0.05) is 6.42 Å². The van der Waals surface area contributed by atoms with Crippen LogP contribution in [-0.4, -0.2) is 19.7 Å². The number of esters is 1. The maximum Gasteiger partial charge on any atom is 0.305 e. The maximum absolute atomic E-state index is 11.1. The van der Waals surface area contributed by atoms with Gasteiger partial charge in [-0.15, -0.1) is 0 Å². The van der Waals surface area contributed by atoms with E-state index in [4.69, 9.17) is 4.74 Å². The van der Waals surface area contributed by atoms with Crippen molar-refractivity contribution in [3.05, 3.63) is 29.8 Å². The number of rotatable bonds is 6. The number of ether oxygens (including phenoxy) is 2. The molecule has 0 heterocycles. The molecule has 0 bridgehead atoms. The van der Waals surface area contributed by atoms with Gasteiger partial charge in [0.2, 0.25) is 0 Å². The Kier molecular flexibility index (Phi) is 5.25. The van der Waals surface area contributed by atoms with Crippen LogP contribution in [0.4, 0.5) is 0 Å². The predicted molar refractivity (Wildman–Crippen MR) is 74.2 cm³/mol. The minimum Gasteiger partial charge on any atom is -0.493 e. The van der Waals surface area contributed by atoms with Crippen molar-refractivity contribution in [2.75, 3.05) is 13.7 Å². The van der Waals surface area contributed by atoms with Gasteiger partial charge in [-0.1, -0.05) is 25.0 Å². The average Bonchev–Trinajstić information content (AvgIpc) is 2.97. The number of carbonyl (C=O) groups excluding carboxylic acids is 1. The number of hydrogen-bond acceptors (Lipinski definition) is 3. The van der Waals surface area contributed by atoms with Gasteiger partial charge in [-0.3, -0.25) is 4.79 Å². The lowest BCUT2D eigenvalue weighted by Gasteiger charge is -2.11. The molecule has 1 fully saturated rings. The first-order valence-corrected chi connectivity index (χ1v) is 7.06. The normalized spacial score (nSPS) is 15.4. The number of carbonyl (C=O) groups is 1. The Morgan fingerprint density at radius 2 is 1.89 bits per heavy atom. The van der Waals surface area contributed by atoms with Gasteiger partial charge in [0.1, 0.15) is 5.75 Å². The third-order valence-corrected chi connectivity index (χ3v) is 3.73. The highest BCUT2D eigenvalue weighted by Crippen LogP contribution is 2.25. The molecule has 0 amide bonds. The van der Waals surface area contributed by atoms with Crippen LogP contribution >= 0.6 is 0 Å². The summed E-state index contributed by atoms with van der Waals surface area (Å²) < 4.78 is 10.4. The largest absolute Gasteiger partial charge is 0.493 e. The number of aryl methyl sites for hydroxylation is 1. The highest BCUT2D eigenvalue weighted by atomic mass is 16.5. The summed E-state index contributed by atoms with van der Waals surface area (Å²) in [6.45, 7) is 0.835. The van der Waals surface area contributed by atoms with E-state index in [0.717, 1.165) is 30.3 Å². The van der Waals surface area contributed by atoms with Gasteiger partial charge < -0.3 is 9.47 Å². The second kappa shape index (κ2) is 7.17. The molecule has 0 aliphatic heterocycles. The predicted octanol–water partition coefficient (Wildman–Crippen LogP) is 3.36. The first-order chi connectivity index (χ1) is 9.28. The van der Waals surface area contributed by atoms with Crippen LogP contribution in [0, 0.1) is 5.92 Å². The van der Waals surface area contributed by atoms with E-state index < -0.39 is 0 Å². The van der Waals surface area contributed by atoms with Gasteiger partial charge in [-0.25, -0.2) is 0 Å². The third kappa shape index (κ3) is 4.58. The van der Waals surface area contributed by atoms with Crippen LogP contribution in [0.2, 0.25) is 0 Å². The lowest BCUT2D eigenvalue weighted by molar-refractivity contribution is -0.140. The van der Waals surface area contributed by atoms with Gasteiger partial charge in [-0.05, 0) is 42.9 Å². The molecule has 1 aliphatic rings. The Bertz CT molecular complexity index is 391. The summed E-state index contributed by atoms with van der Waals surface area (Å²) in [7, 11) is 1.42. The molecule has 0 N–H and O–H groups in total. The Hall–Kier alpha value is -1.51. The minimum absolute atomic E-state index is 0.165. The Balaban J connectivity index is 1.75. The van der Waals surface area contributed by atoms with E-state index in [-0.39, 0.29) is 5.97 Å². The van der Waals surface area contributed by atoms with Crippen molar-refractivity contribution in [1.29, 1.82) is 0 Å². The molecule has 1 aliphatic carbocycles. The van der Waals surface area contributed by atoms with Crippen LogP contribution < -0.4 is 4.74 Å². The summed E-state index contributed by atoms with van der Waals surface area (Å²) in [5.41, 5.74) is 1.14. The van der Waals surface area contributed by atoms with E-state index in [0.29, 0.717) is 6.42 Å². The van der Waals surface area contributed by atoms with Gasteiger partial charge >= 0.3 is 5.97 Å². The van der Waals surface area contributed by atoms with Gasteiger partial charge in [0.05, 0.1) is 13.7 Å². The summed E-state index contributed by atoms with van der Waals surface area (Å²) in [4.78, 5) is 11.1. The van der Waals surface area contributed by atoms with E-state index >= 15 is 0 Å². The quantitative estimate of drug-likeness (QED) is 0.737. The highest BCUT2D eigenvalue weighted by molar-refractivity contribution is 5.69. The smallest absolute Gasteiger partial charge is 0.305 e. The van der Waals surface area contributed by atoms with E-state index in [1.165, 1.54) is 32.8 Å². The summed E-state index contributed by atoms with van der Waals surface area (Å²) in [5, 5.41) is 0. The Morgan fingerprint density at radius 1 is 1.21 bits per heavy atom. The van der Waals surface area contributed by atoms with Crippen LogP contribution in [-0.2, 0) is 16.0 Å². The summed E-state index contributed by atoms with van der Waals surface area (Å²) in [5.74, 6) is 1.49. The van der Waals surface area contributed by atoms with E-state index in [1.54, 1.807) is 0 Å². The van der Waals surface area contributed by atoms with Crippen LogP contribution in [0.15, 0.2) is 24.3 Å². The molecule has 0 aromatic heterocycles. The second-order valence-corrected chi connectivity index (χ2v) is 5.18. The van der Waals surface area contributed by atoms with Crippen molar-refractivity contribution < 1.29 is 14.3 Å². The molecule has 0 saturated heterocycles. The molecular formula is C16H22O3. The molecule has 1 aromatic carbocycles. The summed E-state index contributed by atoms with van der Waals surface area (Å²) in [6.07, 6.45) is 6.45. The lowest BCUT2D eigenvalue weighted by Crippen LogP contribution is -2.08. The zero-order valence-electron chi connectivity index (χ0n) is 11.6.